The number of benzene rings is 1. The van der Waals surface area contributed by atoms with Gasteiger partial charge in [-0.25, -0.2) is 0 Å². The van der Waals surface area contributed by atoms with Crippen molar-refractivity contribution in [2.24, 2.45) is 0 Å². The number of amides is 1. The van der Waals surface area contributed by atoms with Gasteiger partial charge in [0, 0.05) is 6.54 Å². The number of hydrogen-bond donors (Lipinski definition) is 2. The standard InChI is InChI=1S/C13H18N2O3/c1-8-7-18-9(2)6-15(8)13(17)10-4-3-5-11(14)12(10)16/h3-5,8-9,16H,6-7,14H2,1-2H3. The molecule has 1 amide bonds. The molecule has 1 aliphatic rings. The quantitative estimate of drug-likeness (QED) is 0.580. The van der Waals surface area contributed by atoms with Crippen LogP contribution in [0.25, 0.3) is 0 Å². The topological polar surface area (TPSA) is 75.8 Å². The molecule has 18 heavy (non-hydrogen) atoms. The molecule has 0 aliphatic carbocycles. The molecule has 1 heterocycles. The molecule has 2 rings (SSSR count). The lowest BCUT2D eigenvalue weighted by atomic mass is 10.1. The van der Waals surface area contributed by atoms with Gasteiger partial charge in [-0.15, -0.1) is 0 Å². The first kappa shape index (κ1) is 12.7. The third kappa shape index (κ3) is 2.26. The average Bonchev–Trinajstić information content (AvgIpc) is 2.35. The summed E-state index contributed by atoms with van der Waals surface area (Å²) in [6, 6.07) is 4.81. The molecule has 0 spiro atoms. The van der Waals surface area contributed by atoms with E-state index in [1.807, 2.05) is 13.8 Å². The molecule has 0 aromatic heterocycles. The van der Waals surface area contributed by atoms with E-state index in [1.165, 1.54) is 0 Å². The highest BCUT2D eigenvalue weighted by Gasteiger charge is 2.29. The molecule has 1 aliphatic heterocycles. The summed E-state index contributed by atoms with van der Waals surface area (Å²) in [5, 5.41) is 9.85. The second kappa shape index (κ2) is 4.86. The van der Waals surface area contributed by atoms with Crippen LogP contribution in [-0.4, -0.2) is 41.2 Å². The van der Waals surface area contributed by atoms with Crippen LogP contribution in [0.15, 0.2) is 18.2 Å². The number of ether oxygens (including phenoxy) is 1. The van der Waals surface area contributed by atoms with E-state index in [0.29, 0.717) is 13.2 Å². The molecule has 5 heteroatoms. The second-order valence-electron chi connectivity index (χ2n) is 4.69. The van der Waals surface area contributed by atoms with Gasteiger partial charge >= 0.3 is 0 Å². The van der Waals surface area contributed by atoms with Crippen molar-refractivity contribution in [1.29, 1.82) is 0 Å². The molecule has 3 N–H and O–H groups in total. The smallest absolute Gasteiger partial charge is 0.258 e. The van der Waals surface area contributed by atoms with Gasteiger partial charge in [-0.05, 0) is 26.0 Å². The van der Waals surface area contributed by atoms with Crippen LogP contribution in [0.2, 0.25) is 0 Å². The molecule has 1 saturated heterocycles. The Morgan fingerprint density at radius 3 is 2.94 bits per heavy atom. The normalized spacial score (nSPS) is 24.0. The van der Waals surface area contributed by atoms with Crippen LogP contribution in [0.5, 0.6) is 5.75 Å². The van der Waals surface area contributed by atoms with Crippen molar-refractivity contribution >= 4 is 11.6 Å². The van der Waals surface area contributed by atoms with Gasteiger partial charge in [-0.2, -0.15) is 0 Å². The number of nitrogen functional groups attached to an aromatic ring is 1. The number of carbonyl (C=O) groups excluding carboxylic acids is 1. The summed E-state index contributed by atoms with van der Waals surface area (Å²) in [6.07, 6.45) is 0.00773. The zero-order chi connectivity index (χ0) is 13.3. The first-order valence-corrected chi connectivity index (χ1v) is 6.00. The fraction of sp³-hybridized carbons (Fsp3) is 0.462. The summed E-state index contributed by atoms with van der Waals surface area (Å²) in [6.45, 7) is 4.88. The van der Waals surface area contributed by atoms with Crippen LogP contribution in [0, 0.1) is 0 Å². The molecule has 1 aromatic rings. The predicted molar refractivity (Wildman–Crippen MR) is 68.4 cm³/mol. The third-order valence-electron chi connectivity index (χ3n) is 3.17. The van der Waals surface area contributed by atoms with E-state index >= 15 is 0 Å². The van der Waals surface area contributed by atoms with Crippen molar-refractivity contribution in [2.45, 2.75) is 26.0 Å². The highest BCUT2D eigenvalue weighted by atomic mass is 16.5. The monoisotopic (exact) mass is 250 g/mol. The maximum atomic E-state index is 12.4. The van der Waals surface area contributed by atoms with Crippen molar-refractivity contribution in [1.82, 2.24) is 4.90 Å². The predicted octanol–water partition coefficient (Wildman–Crippen LogP) is 1.22. The lowest BCUT2D eigenvalue weighted by molar-refractivity contribution is -0.0387. The maximum absolute atomic E-state index is 12.4. The second-order valence-corrected chi connectivity index (χ2v) is 4.69. The fourth-order valence-corrected chi connectivity index (χ4v) is 2.07. The molecule has 2 atom stereocenters. The van der Waals surface area contributed by atoms with Gasteiger partial charge in [0.1, 0.15) is 0 Å². The zero-order valence-corrected chi connectivity index (χ0v) is 10.6. The van der Waals surface area contributed by atoms with Crippen LogP contribution in [0.3, 0.4) is 0 Å². The van der Waals surface area contributed by atoms with E-state index in [4.69, 9.17) is 10.5 Å². The van der Waals surface area contributed by atoms with Crippen LogP contribution in [0.1, 0.15) is 24.2 Å². The van der Waals surface area contributed by atoms with E-state index in [0.717, 1.165) is 0 Å². The molecule has 0 bridgehead atoms. The number of morpholine rings is 1. The average molecular weight is 250 g/mol. The maximum Gasteiger partial charge on any atom is 0.258 e. The van der Waals surface area contributed by atoms with Gasteiger partial charge in [0.15, 0.2) is 5.75 Å². The third-order valence-corrected chi connectivity index (χ3v) is 3.17. The Morgan fingerprint density at radius 1 is 1.50 bits per heavy atom. The Balaban J connectivity index is 2.27. The molecule has 0 radical (unpaired) electrons. The minimum atomic E-state index is -0.206. The number of para-hydroxylation sites is 1. The summed E-state index contributed by atoms with van der Waals surface area (Å²) >= 11 is 0. The molecule has 1 fully saturated rings. The van der Waals surface area contributed by atoms with Crippen molar-refractivity contribution in [3.63, 3.8) is 0 Å². The van der Waals surface area contributed by atoms with Crippen molar-refractivity contribution in [2.75, 3.05) is 18.9 Å². The Kier molecular flexibility index (Phi) is 3.43. The number of aromatic hydroxyl groups is 1. The Labute approximate surface area is 106 Å². The molecule has 5 nitrogen and oxygen atoms in total. The summed E-state index contributed by atoms with van der Waals surface area (Å²) < 4.78 is 5.48. The van der Waals surface area contributed by atoms with Gasteiger partial charge in [0.25, 0.3) is 5.91 Å². The van der Waals surface area contributed by atoms with Crippen LogP contribution in [0.4, 0.5) is 5.69 Å². The summed E-state index contributed by atoms with van der Waals surface area (Å²) in [5.74, 6) is -0.351. The van der Waals surface area contributed by atoms with E-state index in [2.05, 4.69) is 0 Å². The van der Waals surface area contributed by atoms with Gasteiger partial charge in [-0.1, -0.05) is 6.07 Å². The van der Waals surface area contributed by atoms with E-state index in [1.54, 1.807) is 23.1 Å². The van der Waals surface area contributed by atoms with Crippen LogP contribution < -0.4 is 5.73 Å². The molecule has 98 valence electrons. The summed E-state index contributed by atoms with van der Waals surface area (Å²) in [4.78, 5) is 14.1. The van der Waals surface area contributed by atoms with Crippen molar-refractivity contribution < 1.29 is 14.6 Å². The molecular weight excluding hydrogens is 232 g/mol. The van der Waals surface area contributed by atoms with Crippen LogP contribution in [-0.2, 0) is 4.74 Å². The number of phenols is 1. The van der Waals surface area contributed by atoms with Crippen LogP contribution >= 0.6 is 0 Å². The van der Waals surface area contributed by atoms with Gasteiger partial charge in [0.05, 0.1) is 30.0 Å². The molecule has 2 unspecified atom stereocenters. The number of nitrogens with two attached hydrogens (primary N) is 1. The highest BCUT2D eigenvalue weighted by Crippen LogP contribution is 2.27. The van der Waals surface area contributed by atoms with E-state index in [-0.39, 0.29) is 35.1 Å². The summed E-state index contributed by atoms with van der Waals surface area (Å²) in [7, 11) is 0. The lowest BCUT2D eigenvalue weighted by Gasteiger charge is -2.37. The first-order valence-electron chi connectivity index (χ1n) is 6.00. The van der Waals surface area contributed by atoms with E-state index < -0.39 is 0 Å². The molecular formula is C13H18N2O3. The Bertz CT molecular complexity index is 462. The Morgan fingerprint density at radius 2 is 2.22 bits per heavy atom. The first-order chi connectivity index (χ1) is 8.50. The van der Waals surface area contributed by atoms with Crippen molar-refractivity contribution in [3.8, 4) is 5.75 Å². The molecule has 1 aromatic carbocycles. The lowest BCUT2D eigenvalue weighted by Crippen LogP contribution is -2.50. The molecule has 0 saturated carbocycles. The fourth-order valence-electron chi connectivity index (χ4n) is 2.07. The number of carbonyl (C=O) groups is 1. The number of anilines is 1. The minimum Gasteiger partial charge on any atom is -0.505 e. The van der Waals surface area contributed by atoms with Crippen molar-refractivity contribution in [3.05, 3.63) is 23.8 Å². The van der Waals surface area contributed by atoms with Gasteiger partial charge in [-0.3, -0.25) is 4.79 Å². The Hall–Kier alpha value is -1.75. The summed E-state index contributed by atoms with van der Waals surface area (Å²) in [5.41, 5.74) is 6.07. The number of phenolic OH excluding ortho intramolecular Hbond substituents is 1. The highest BCUT2D eigenvalue weighted by molar-refractivity contribution is 5.98. The van der Waals surface area contributed by atoms with E-state index in [9.17, 15) is 9.90 Å². The largest absolute Gasteiger partial charge is 0.505 e. The number of rotatable bonds is 1. The van der Waals surface area contributed by atoms with Gasteiger partial charge < -0.3 is 20.5 Å². The minimum absolute atomic E-state index is 0.00506. The number of hydrogen-bond acceptors (Lipinski definition) is 4. The number of nitrogens with zero attached hydrogens (tertiary/aromatic N) is 1. The van der Waals surface area contributed by atoms with Gasteiger partial charge in [0.2, 0.25) is 0 Å². The SMILES string of the molecule is CC1CN(C(=O)c2cccc(N)c2O)C(C)CO1. The zero-order valence-electron chi connectivity index (χ0n) is 10.6.